The fourth-order valence-electron chi connectivity index (χ4n) is 5.09. The van der Waals surface area contributed by atoms with E-state index in [1.807, 2.05) is 0 Å². The van der Waals surface area contributed by atoms with Crippen molar-refractivity contribution in [2.45, 2.75) is 95.6 Å². The van der Waals surface area contributed by atoms with Gasteiger partial charge in [0.1, 0.15) is 5.56 Å². The first kappa shape index (κ1) is 17.7. The SMILES string of the molecule is CC(C)[Si]1(C(C)C)CCC(Cl)O[Si]1(C(C)C)C(C)C. The van der Waals surface area contributed by atoms with E-state index in [1.165, 1.54) is 6.04 Å². The van der Waals surface area contributed by atoms with E-state index in [0.29, 0.717) is 11.1 Å². The Kier molecular flexibility index (Phi) is 5.79. The van der Waals surface area contributed by atoms with Crippen molar-refractivity contribution in [3.63, 3.8) is 0 Å². The molecular formula is C15H33ClOSi2. The first-order chi connectivity index (χ1) is 8.62. The van der Waals surface area contributed by atoms with Gasteiger partial charge in [0.15, 0.2) is 7.83 Å². The van der Waals surface area contributed by atoms with E-state index >= 15 is 0 Å². The molecular weight excluding hydrogens is 288 g/mol. The number of rotatable bonds is 4. The minimum Gasteiger partial charge on any atom is -0.403 e. The molecule has 1 heterocycles. The molecule has 1 aliphatic heterocycles. The minimum atomic E-state index is -1.80. The highest BCUT2D eigenvalue weighted by Crippen LogP contribution is 2.56. The Morgan fingerprint density at radius 1 is 0.842 bits per heavy atom. The van der Waals surface area contributed by atoms with E-state index < -0.39 is 15.4 Å². The molecule has 0 aromatic rings. The van der Waals surface area contributed by atoms with Gasteiger partial charge in [0.2, 0.25) is 0 Å². The van der Waals surface area contributed by atoms with Gasteiger partial charge in [0.05, 0.1) is 7.59 Å². The van der Waals surface area contributed by atoms with Crippen LogP contribution in [0.4, 0.5) is 0 Å². The van der Waals surface area contributed by atoms with Crippen LogP contribution < -0.4 is 0 Å². The molecule has 1 rings (SSSR count). The summed E-state index contributed by atoms with van der Waals surface area (Å²) in [7, 11) is -3.25. The molecule has 0 aromatic heterocycles. The third-order valence-corrected chi connectivity index (χ3v) is 29.3. The molecule has 0 radical (unpaired) electrons. The number of alkyl halides is 1. The second kappa shape index (κ2) is 6.21. The van der Waals surface area contributed by atoms with Gasteiger partial charge in [0, 0.05) is 0 Å². The highest BCUT2D eigenvalue weighted by atomic mass is 35.5. The zero-order valence-electron chi connectivity index (χ0n) is 14.1. The summed E-state index contributed by atoms with van der Waals surface area (Å²) < 4.78 is 6.70. The molecule has 19 heavy (non-hydrogen) atoms. The van der Waals surface area contributed by atoms with Gasteiger partial charge in [-0.05, 0) is 17.5 Å². The van der Waals surface area contributed by atoms with Gasteiger partial charge < -0.3 is 4.43 Å². The largest absolute Gasteiger partial charge is 0.403 e. The van der Waals surface area contributed by atoms with Crippen molar-refractivity contribution in [1.82, 2.24) is 0 Å². The van der Waals surface area contributed by atoms with Crippen LogP contribution >= 0.6 is 11.6 Å². The standard InChI is InChI=1S/C15H33ClOSi2/c1-11(2)18(12(3)4)10-9-15(16)17-19(18,13(5)6)14(7)8/h11-15H,9-10H2,1-8H3. The monoisotopic (exact) mass is 320 g/mol. The predicted octanol–water partition coefficient (Wildman–Crippen LogP) is 6.08. The van der Waals surface area contributed by atoms with Crippen LogP contribution in [0.15, 0.2) is 0 Å². The Morgan fingerprint density at radius 3 is 1.58 bits per heavy atom. The van der Waals surface area contributed by atoms with Crippen molar-refractivity contribution in [1.29, 1.82) is 0 Å². The predicted molar refractivity (Wildman–Crippen MR) is 92.1 cm³/mol. The fraction of sp³-hybridized carbons (Fsp3) is 1.00. The van der Waals surface area contributed by atoms with Crippen LogP contribution in [0.3, 0.4) is 0 Å². The quantitative estimate of drug-likeness (QED) is 0.450. The molecule has 114 valence electrons. The minimum absolute atomic E-state index is 0.0328. The topological polar surface area (TPSA) is 9.23 Å². The summed E-state index contributed by atoms with van der Waals surface area (Å²) >= 11 is 6.46. The Labute approximate surface area is 127 Å². The van der Waals surface area contributed by atoms with Gasteiger partial charge in [-0.2, -0.15) is 0 Å². The molecule has 1 fully saturated rings. The van der Waals surface area contributed by atoms with E-state index in [1.54, 1.807) is 0 Å². The molecule has 1 nitrogen and oxygen atoms in total. The molecule has 1 aliphatic rings. The third kappa shape index (κ3) is 2.60. The molecule has 0 aromatic carbocycles. The molecule has 0 saturated carbocycles. The summed E-state index contributed by atoms with van der Waals surface area (Å²) in [5.74, 6) is 0. The zero-order valence-corrected chi connectivity index (χ0v) is 16.8. The third-order valence-electron chi connectivity index (χ3n) is 5.61. The van der Waals surface area contributed by atoms with Crippen molar-refractivity contribution in [3.8, 4) is 0 Å². The molecule has 0 amide bonds. The van der Waals surface area contributed by atoms with Crippen LogP contribution in [-0.4, -0.2) is 21.0 Å². The van der Waals surface area contributed by atoms with Gasteiger partial charge in [0.25, 0.3) is 0 Å². The molecule has 0 bridgehead atoms. The highest BCUT2D eigenvalue weighted by molar-refractivity contribution is 7.42. The van der Waals surface area contributed by atoms with Gasteiger partial charge in [-0.3, -0.25) is 0 Å². The van der Waals surface area contributed by atoms with Gasteiger partial charge >= 0.3 is 0 Å². The molecule has 1 unspecified atom stereocenters. The molecule has 0 N–H and O–H groups in total. The van der Waals surface area contributed by atoms with Crippen molar-refractivity contribution < 1.29 is 4.43 Å². The lowest BCUT2D eigenvalue weighted by Gasteiger charge is -2.60. The number of hydrogen-bond acceptors (Lipinski definition) is 1. The maximum Gasteiger partial charge on any atom is 0.187 e. The molecule has 0 aliphatic carbocycles. The smallest absolute Gasteiger partial charge is 0.187 e. The number of halogens is 1. The van der Waals surface area contributed by atoms with Crippen LogP contribution in [0.1, 0.15) is 61.8 Å². The lowest BCUT2D eigenvalue weighted by atomic mass is 10.5. The Bertz CT molecular complexity index is 287. The highest BCUT2D eigenvalue weighted by Gasteiger charge is 2.65. The zero-order chi connectivity index (χ0) is 15.0. The van der Waals surface area contributed by atoms with E-state index in [0.717, 1.165) is 17.5 Å². The van der Waals surface area contributed by atoms with Crippen LogP contribution in [-0.2, 0) is 4.43 Å². The van der Waals surface area contributed by atoms with Gasteiger partial charge in [-0.1, -0.05) is 84.1 Å². The van der Waals surface area contributed by atoms with Crippen LogP contribution in [0, 0.1) is 0 Å². The lowest BCUT2D eigenvalue weighted by Crippen LogP contribution is -2.73. The first-order valence-electron chi connectivity index (χ1n) is 7.94. The van der Waals surface area contributed by atoms with E-state index in [4.69, 9.17) is 16.0 Å². The summed E-state index contributed by atoms with van der Waals surface area (Å²) in [5, 5.41) is 0. The Hall–Kier alpha value is 0.684. The van der Waals surface area contributed by atoms with Crippen LogP contribution in [0.5, 0.6) is 0 Å². The maximum atomic E-state index is 6.70. The molecule has 1 saturated heterocycles. The van der Waals surface area contributed by atoms with Crippen LogP contribution in [0.25, 0.3) is 0 Å². The molecule has 0 spiro atoms. The van der Waals surface area contributed by atoms with Crippen molar-refractivity contribution >= 4 is 27.0 Å². The summed E-state index contributed by atoms with van der Waals surface area (Å²) in [6.45, 7) is 19.4. The van der Waals surface area contributed by atoms with E-state index in [-0.39, 0.29) is 5.56 Å². The molecule has 4 heteroatoms. The van der Waals surface area contributed by atoms with E-state index in [2.05, 4.69) is 55.4 Å². The van der Waals surface area contributed by atoms with Crippen molar-refractivity contribution in [2.75, 3.05) is 0 Å². The van der Waals surface area contributed by atoms with Gasteiger partial charge in [-0.15, -0.1) is 0 Å². The average Bonchev–Trinajstić information content (AvgIpc) is 2.26. The average molecular weight is 321 g/mol. The van der Waals surface area contributed by atoms with Crippen LogP contribution in [0.2, 0.25) is 28.2 Å². The summed E-state index contributed by atoms with van der Waals surface area (Å²) in [6.07, 6.45) is 1.07. The van der Waals surface area contributed by atoms with Crippen molar-refractivity contribution in [2.24, 2.45) is 0 Å². The Balaban J connectivity index is 3.46. The lowest BCUT2D eigenvalue weighted by molar-refractivity contribution is 0.246. The second-order valence-corrected chi connectivity index (χ2v) is 22.2. The molecule has 1 atom stereocenters. The number of hydrogen-bond donors (Lipinski definition) is 0. The Morgan fingerprint density at radius 2 is 1.26 bits per heavy atom. The first-order valence-corrected chi connectivity index (χ1v) is 13.8. The van der Waals surface area contributed by atoms with Gasteiger partial charge in [-0.25, -0.2) is 0 Å². The summed E-state index contributed by atoms with van der Waals surface area (Å²) in [5.41, 5.74) is 2.91. The summed E-state index contributed by atoms with van der Waals surface area (Å²) in [4.78, 5) is 0. The van der Waals surface area contributed by atoms with Crippen molar-refractivity contribution in [3.05, 3.63) is 0 Å². The maximum absolute atomic E-state index is 6.70. The normalized spacial score (nSPS) is 26.7. The summed E-state index contributed by atoms with van der Waals surface area (Å²) in [6, 6.07) is 1.37. The second-order valence-electron chi connectivity index (χ2n) is 7.52. The van der Waals surface area contributed by atoms with E-state index in [9.17, 15) is 0 Å². The fourth-order valence-corrected chi connectivity index (χ4v) is 30.8.